The van der Waals surface area contributed by atoms with Gasteiger partial charge >= 0.3 is 0 Å². The minimum Gasteiger partial charge on any atom is -0.416 e. The van der Waals surface area contributed by atoms with Crippen molar-refractivity contribution in [2.45, 2.75) is 31.9 Å². The largest absolute Gasteiger partial charge is 0.416 e. The van der Waals surface area contributed by atoms with E-state index in [1.165, 1.54) is 30.0 Å². The molecule has 0 aliphatic rings. The molecule has 2 rings (SSSR count). The number of aromatic nitrogens is 2. The van der Waals surface area contributed by atoms with Gasteiger partial charge in [0.15, 0.2) is 0 Å². The molecule has 1 heterocycles. The van der Waals surface area contributed by atoms with Gasteiger partial charge in [0.05, 0.1) is 5.75 Å². The molecule has 21 heavy (non-hydrogen) atoms. The van der Waals surface area contributed by atoms with E-state index in [2.05, 4.69) is 15.5 Å². The van der Waals surface area contributed by atoms with Crippen molar-refractivity contribution in [1.82, 2.24) is 10.2 Å². The minimum absolute atomic E-state index is 0.149. The van der Waals surface area contributed by atoms with Crippen molar-refractivity contribution in [2.24, 2.45) is 0 Å². The number of amides is 1. The third-order valence-corrected chi connectivity index (χ3v) is 3.52. The second-order valence-corrected chi connectivity index (χ2v) is 5.78. The molecule has 0 saturated carbocycles. The second kappa shape index (κ2) is 6.71. The highest BCUT2D eigenvalue weighted by molar-refractivity contribution is 7.99. The van der Waals surface area contributed by atoms with Gasteiger partial charge in [-0.1, -0.05) is 25.6 Å². The maximum Gasteiger partial charge on any atom is 0.277 e. The van der Waals surface area contributed by atoms with Crippen LogP contribution in [0.1, 0.15) is 31.2 Å². The van der Waals surface area contributed by atoms with Gasteiger partial charge in [-0.05, 0) is 30.7 Å². The Kier molecular flexibility index (Phi) is 4.95. The number of anilines is 1. The summed E-state index contributed by atoms with van der Waals surface area (Å²) in [4.78, 5) is 11.8. The second-order valence-electron chi connectivity index (χ2n) is 4.86. The molecule has 0 aliphatic heterocycles. The molecule has 0 radical (unpaired) electrons. The summed E-state index contributed by atoms with van der Waals surface area (Å²) in [6, 6.07) is 4.22. The van der Waals surface area contributed by atoms with Crippen LogP contribution in [-0.2, 0) is 4.79 Å². The zero-order valence-electron chi connectivity index (χ0n) is 12.0. The lowest BCUT2D eigenvalue weighted by Crippen LogP contribution is -2.14. The van der Waals surface area contributed by atoms with Gasteiger partial charge < -0.3 is 9.73 Å². The first-order valence-electron chi connectivity index (χ1n) is 6.48. The standard InChI is InChI=1S/C14H16FN3O2S/c1-8(2)13-17-18-14(20-13)21-7-12(19)16-11-5-4-10(15)6-9(11)3/h4-6,8H,7H2,1-3H3,(H,16,19). The van der Waals surface area contributed by atoms with Gasteiger partial charge in [-0.15, -0.1) is 10.2 Å². The normalized spacial score (nSPS) is 10.9. The van der Waals surface area contributed by atoms with Crippen molar-refractivity contribution in [3.8, 4) is 0 Å². The Balaban J connectivity index is 1.89. The van der Waals surface area contributed by atoms with E-state index in [1.807, 2.05) is 13.8 Å². The van der Waals surface area contributed by atoms with Crippen LogP contribution in [-0.4, -0.2) is 21.9 Å². The highest BCUT2D eigenvalue weighted by atomic mass is 32.2. The molecule has 1 N–H and O–H groups in total. The van der Waals surface area contributed by atoms with Crippen LogP contribution in [0, 0.1) is 12.7 Å². The predicted molar refractivity (Wildman–Crippen MR) is 78.9 cm³/mol. The zero-order valence-corrected chi connectivity index (χ0v) is 12.8. The van der Waals surface area contributed by atoms with Crippen LogP contribution in [0.25, 0.3) is 0 Å². The van der Waals surface area contributed by atoms with Crippen molar-refractivity contribution < 1.29 is 13.6 Å². The Morgan fingerprint density at radius 2 is 2.19 bits per heavy atom. The van der Waals surface area contributed by atoms with Crippen molar-refractivity contribution in [3.63, 3.8) is 0 Å². The third-order valence-electron chi connectivity index (χ3n) is 2.71. The van der Waals surface area contributed by atoms with Gasteiger partial charge in [0.25, 0.3) is 5.22 Å². The molecule has 1 aromatic carbocycles. The first-order valence-corrected chi connectivity index (χ1v) is 7.46. The third kappa shape index (κ3) is 4.29. The highest BCUT2D eigenvalue weighted by Crippen LogP contribution is 2.21. The molecule has 1 aromatic heterocycles. The van der Waals surface area contributed by atoms with Gasteiger partial charge in [-0.2, -0.15) is 0 Å². The smallest absolute Gasteiger partial charge is 0.277 e. The number of hydrogen-bond acceptors (Lipinski definition) is 5. The van der Waals surface area contributed by atoms with E-state index >= 15 is 0 Å². The topological polar surface area (TPSA) is 68.0 Å². The summed E-state index contributed by atoms with van der Waals surface area (Å²) in [5.41, 5.74) is 1.27. The number of halogens is 1. The number of nitrogens with zero attached hydrogens (tertiary/aromatic N) is 2. The first kappa shape index (κ1) is 15.5. The van der Waals surface area contributed by atoms with Crippen molar-refractivity contribution >= 4 is 23.4 Å². The van der Waals surface area contributed by atoms with Crippen molar-refractivity contribution in [2.75, 3.05) is 11.1 Å². The molecular weight excluding hydrogens is 293 g/mol. The van der Waals surface area contributed by atoms with Crippen molar-refractivity contribution in [3.05, 3.63) is 35.5 Å². The van der Waals surface area contributed by atoms with Crippen LogP contribution in [0.4, 0.5) is 10.1 Å². The van der Waals surface area contributed by atoms with E-state index < -0.39 is 0 Å². The van der Waals surface area contributed by atoms with E-state index in [-0.39, 0.29) is 23.4 Å². The Bertz CT molecular complexity index is 643. The number of hydrogen-bond donors (Lipinski definition) is 1. The van der Waals surface area contributed by atoms with Crippen LogP contribution in [0.5, 0.6) is 0 Å². The summed E-state index contributed by atoms with van der Waals surface area (Å²) in [6.07, 6.45) is 0. The van der Waals surface area contributed by atoms with Crippen LogP contribution >= 0.6 is 11.8 Å². The number of benzene rings is 1. The fourth-order valence-corrected chi connectivity index (χ4v) is 2.16. The Morgan fingerprint density at radius 1 is 1.43 bits per heavy atom. The summed E-state index contributed by atoms with van der Waals surface area (Å²) in [5, 5.41) is 10.8. The molecule has 0 unspecified atom stereocenters. The highest BCUT2D eigenvalue weighted by Gasteiger charge is 2.12. The molecule has 0 fully saturated rings. The van der Waals surface area contributed by atoms with E-state index in [1.54, 1.807) is 6.92 Å². The summed E-state index contributed by atoms with van der Waals surface area (Å²) in [5.74, 6) is 0.317. The average Bonchev–Trinajstić information content (AvgIpc) is 2.89. The van der Waals surface area contributed by atoms with E-state index in [0.29, 0.717) is 22.4 Å². The number of aryl methyl sites for hydroxylation is 1. The van der Waals surface area contributed by atoms with Crippen LogP contribution in [0.3, 0.4) is 0 Å². The number of rotatable bonds is 5. The molecule has 0 spiro atoms. The molecule has 0 atom stereocenters. The van der Waals surface area contributed by atoms with Gasteiger partial charge in [0, 0.05) is 11.6 Å². The molecule has 112 valence electrons. The van der Waals surface area contributed by atoms with Crippen LogP contribution < -0.4 is 5.32 Å². The molecule has 2 aromatic rings. The lowest BCUT2D eigenvalue weighted by molar-refractivity contribution is -0.113. The molecule has 0 bridgehead atoms. The van der Waals surface area contributed by atoms with Gasteiger partial charge in [0.1, 0.15) is 5.82 Å². The molecule has 0 saturated heterocycles. The van der Waals surface area contributed by atoms with E-state index in [4.69, 9.17) is 4.42 Å². The maximum atomic E-state index is 13.0. The molecular formula is C14H16FN3O2S. The lowest BCUT2D eigenvalue weighted by Gasteiger charge is -2.07. The van der Waals surface area contributed by atoms with Gasteiger partial charge in [-0.3, -0.25) is 4.79 Å². The Morgan fingerprint density at radius 3 is 2.81 bits per heavy atom. The quantitative estimate of drug-likeness (QED) is 0.858. The first-order chi connectivity index (χ1) is 9.95. The minimum atomic E-state index is -0.327. The maximum absolute atomic E-state index is 13.0. The number of carbonyl (C=O) groups is 1. The van der Waals surface area contributed by atoms with Crippen LogP contribution in [0.2, 0.25) is 0 Å². The average molecular weight is 309 g/mol. The summed E-state index contributed by atoms with van der Waals surface area (Å²) in [6.45, 7) is 5.64. The summed E-state index contributed by atoms with van der Waals surface area (Å²) in [7, 11) is 0. The molecule has 5 nitrogen and oxygen atoms in total. The Hall–Kier alpha value is -1.89. The summed E-state index contributed by atoms with van der Waals surface area (Å²) >= 11 is 1.17. The number of carbonyl (C=O) groups excluding carboxylic acids is 1. The van der Waals surface area contributed by atoms with Gasteiger partial charge in [-0.25, -0.2) is 4.39 Å². The monoisotopic (exact) mass is 309 g/mol. The van der Waals surface area contributed by atoms with Crippen LogP contribution in [0.15, 0.2) is 27.8 Å². The number of nitrogens with one attached hydrogen (secondary N) is 1. The summed E-state index contributed by atoms with van der Waals surface area (Å²) < 4.78 is 18.4. The fourth-order valence-electron chi connectivity index (χ4n) is 1.59. The predicted octanol–water partition coefficient (Wildman–Crippen LogP) is 3.37. The van der Waals surface area contributed by atoms with E-state index in [0.717, 1.165) is 0 Å². The lowest BCUT2D eigenvalue weighted by atomic mass is 10.2. The van der Waals surface area contributed by atoms with Crippen molar-refractivity contribution in [1.29, 1.82) is 0 Å². The molecule has 7 heteroatoms. The zero-order chi connectivity index (χ0) is 15.4. The fraction of sp³-hybridized carbons (Fsp3) is 0.357. The van der Waals surface area contributed by atoms with E-state index in [9.17, 15) is 9.18 Å². The molecule has 1 amide bonds. The SMILES string of the molecule is Cc1cc(F)ccc1NC(=O)CSc1nnc(C(C)C)o1. The van der Waals surface area contributed by atoms with Gasteiger partial charge in [0.2, 0.25) is 11.8 Å². The molecule has 0 aliphatic carbocycles. The Labute approximate surface area is 126 Å². The number of thioether (sulfide) groups is 1.